The molecule has 3 rings (SSSR count). The number of carbonyl (C=O) groups is 1. The highest BCUT2D eigenvalue weighted by atomic mass is 16.3. The minimum absolute atomic E-state index is 0.0948. The van der Waals surface area contributed by atoms with Crippen LogP contribution >= 0.6 is 0 Å². The standard InChI is InChI=1S/C19H17NO2.CH4O/c21-11-9-15-7-4-8-17-18(14-5-2-1-3-6-14)16(10-12-22)13-20-19(15)17;1-2/h1-8,12-13,21H,9-11H2;2H,1H3. The van der Waals surface area contributed by atoms with Gasteiger partial charge in [-0.05, 0) is 28.7 Å². The molecule has 0 radical (unpaired) electrons. The Kier molecular flexibility index (Phi) is 6.61. The lowest BCUT2D eigenvalue weighted by atomic mass is 9.93. The van der Waals surface area contributed by atoms with Crippen LogP contribution in [0, 0.1) is 0 Å². The van der Waals surface area contributed by atoms with E-state index in [9.17, 15) is 9.90 Å². The van der Waals surface area contributed by atoms with Gasteiger partial charge in [-0.15, -0.1) is 0 Å². The third kappa shape index (κ3) is 3.67. The summed E-state index contributed by atoms with van der Waals surface area (Å²) in [4.78, 5) is 15.5. The van der Waals surface area contributed by atoms with Gasteiger partial charge in [0.05, 0.1) is 5.52 Å². The molecule has 0 unspecified atom stereocenters. The second-order valence-electron chi connectivity index (χ2n) is 5.18. The topological polar surface area (TPSA) is 70.4 Å². The minimum atomic E-state index is 0.0948. The molecule has 2 aromatic carbocycles. The SMILES string of the molecule is CO.O=CCc1cnc2c(CCO)cccc2c1-c1ccccc1. The summed E-state index contributed by atoms with van der Waals surface area (Å²) in [6, 6.07) is 16.0. The molecule has 0 aliphatic rings. The van der Waals surface area contributed by atoms with Crippen LogP contribution in [0.1, 0.15) is 11.1 Å². The number of aromatic nitrogens is 1. The van der Waals surface area contributed by atoms with Gasteiger partial charge >= 0.3 is 0 Å². The largest absolute Gasteiger partial charge is 0.400 e. The molecule has 124 valence electrons. The molecule has 0 aliphatic heterocycles. The van der Waals surface area contributed by atoms with Crippen LogP contribution in [0.15, 0.2) is 54.7 Å². The van der Waals surface area contributed by atoms with Gasteiger partial charge in [0.15, 0.2) is 0 Å². The molecular formula is C20H21NO3. The van der Waals surface area contributed by atoms with Gasteiger partial charge in [0.25, 0.3) is 0 Å². The normalized spacial score (nSPS) is 10.1. The number of carbonyl (C=O) groups excluding carboxylic acids is 1. The van der Waals surface area contributed by atoms with Crippen LogP contribution in [0.2, 0.25) is 0 Å². The molecule has 4 nitrogen and oxygen atoms in total. The monoisotopic (exact) mass is 323 g/mol. The fourth-order valence-electron chi connectivity index (χ4n) is 2.84. The summed E-state index contributed by atoms with van der Waals surface area (Å²) in [6.45, 7) is 0.0948. The van der Waals surface area contributed by atoms with Crippen molar-refractivity contribution >= 4 is 17.2 Å². The Morgan fingerprint density at radius 3 is 2.42 bits per heavy atom. The predicted octanol–water partition coefficient (Wildman–Crippen LogP) is 2.79. The average Bonchev–Trinajstić information content (AvgIpc) is 2.64. The number of benzene rings is 2. The van der Waals surface area contributed by atoms with Gasteiger partial charge in [0, 0.05) is 31.7 Å². The third-order valence-corrected chi connectivity index (χ3v) is 3.81. The molecule has 2 N–H and O–H groups in total. The molecule has 0 spiro atoms. The molecule has 0 amide bonds. The van der Waals surface area contributed by atoms with Gasteiger partial charge in [-0.25, -0.2) is 0 Å². The van der Waals surface area contributed by atoms with Crippen molar-refractivity contribution in [2.75, 3.05) is 13.7 Å². The summed E-state index contributed by atoms with van der Waals surface area (Å²) in [7, 11) is 1.00. The van der Waals surface area contributed by atoms with Crippen LogP contribution < -0.4 is 0 Å². The number of hydrogen-bond donors (Lipinski definition) is 2. The smallest absolute Gasteiger partial charge is 0.124 e. The van der Waals surface area contributed by atoms with Crippen LogP contribution in [0.25, 0.3) is 22.0 Å². The Bertz CT molecular complexity index is 801. The Balaban J connectivity index is 0.00000100. The second-order valence-corrected chi connectivity index (χ2v) is 5.18. The van der Waals surface area contributed by atoms with E-state index in [1.165, 1.54) is 0 Å². The van der Waals surface area contributed by atoms with Crippen molar-refractivity contribution in [2.45, 2.75) is 12.8 Å². The molecule has 1 heterocycles. The molecule has 0 saturated heterocycles. The lowest BCUT2D eigenvalue weighted by molar-refractivity contribution is -0.107. The Hall–Kier alpha value is -2.56. The summed E-state index contributed by atoms with van der Waals surface area (Å²) < 4.78 is 0. The fourth-order valence-corrected chi connectivity index (χ4v) is 2.84. The quantitative estimate of drug-likeness (QED) is 0.708. The number of aliphatic hydroxyl groups excluding tert-OH is 2. The van der Waals surface area contributed by atoms with Gasteiger partial charge < -0.3 is 15.0 Å². The van der Waals surface area contributed by atoms with Crippen molar-refractivity contribution in [1.29, 1.82) is 0 Å². The molecule has 0 saturated carbocycles. The maximum atomic E-state index is 11.0. The van der Waals surface area contributed by atoms with Crippen LogP contribution in [-0.4, -0.2) is 35.2 Å². The van der Waals surface area contributed by atoms with Crippen molar-refractivity contribution in [3.63, 3.8) is 0 Å². The number of aldehydes is 1. The molecule has 24 heavy (non-hydrogen) atoms. The predicted molar refractivity (Wildman–Crippen MR) is 95.9 cm³/mol. The van der Waals surface area contributed by atoms with Crippen LogP contribution in [0.5, 0.6) is 0 Å². The number of rotatable bonds is 5. The van der Waals surface area contributed by atoms with E-state index in [2.05, 4.69) is 4.98 Å². The highest BCUT2D eigenvalue weighted by Gasteiger charge is 2.12. The van der Waals surface area contributed by atoms with E-state index < -0.39 is 0 Å². The van der Waals surface area contributed by atoms with Gasteiger partial charge in [0.1, 0.15) is 6.29 Å². The zero-order chi connectivity index (χ0) is 17.4. The van der Waals surface area contributed by atoms with Crippen LogP contribution in [0.3, 0.4) is 0 Å². The highest BCUT2D eigenvalue weighted by molar-refractivity contribution is 5.98. The summed E-state index contributed by atoms with van der Waals surface area (Å²) in [5.41, 5.74) is 4.97. The van der Waals surface area contributed by atoms with E-state index in [0.29, 0.717) is 12.8 Å². The maximum Gasteiger partial charge on any atom is 0.124 e. The molecule has 0 aliphatic carbocycles. The first kappa shape index (κ1) is 17.8. The molecule has 1 aromatic heterocycles. The number of fused-ring (bicyclic) bond motifs is 1. The molecule has 0 bridgehead atoms. The molecule has 4 heteroatoms. The molecule has 3 aromatic rings. The fraction of sp³-hybridized carbons (Fsp3) is 0.200. The van der Waals surface area contributed by atoms with E-state index in [4.69, 9.17) is 5.11 Å². The van der Waals surface area contributed by atoms with Gasteiger partial charge in [-0.2, -0.15) is 0 Å². The number of para-hydroxylation sites is 1. The average molecular weight is 323 g/mol. The van der Waals surface area contributed by atoms with E-state index in [-0.39, 0.29) is 6.61 Å². The number of nitrogens with zero attached hydrogens (tertiary/aromatic N) is 1. The van der Waals surface area contributed by atoms with E-state index in [0.717, 1.165) is 46.6 Å². The summed E-state index contributed by atoms with van der Waals surface area (Å²) in [5.74, 6) is 0. The van der Waals surface area contributed by atoms with E-state index in [1.807, 2.05) is 48.5 Å². The number of pyridine rings is 1. The van der Waals surface area contributed by atoms with Gasteiger partial charge in [-0.3, -0.25) is 4.98 Å². The van der Waals surface area contributed by atoms with Crippen molar-refractivity contribution in [3.8, 4) is 11.1 Å². The third-order valence-electron chi connectivity index (χ3n) is 3.81. The van der Waals surface area contributed by atoms with Crippen LogP contribution in [0.4, 0.5) is 0 Å². The summed E-state index contributed by atoms with van der Waals surface area (Å²) in [6.07, 6.45) is 3.61. The van der Waals surface area contributed by atoms with Crippen LogP contribution in [-0.2, 0) is 17.6 Å². The maximum absolute atomic E-state index is 11.0. The minimum Gasteiger partial charge on any atom is -0.400 e. The number of hydrogen-bond acceptors (Lipinski definition) is 4. The molecule has 0 atom stereocenters. The van der Waals surface area contributed by atoms with Crippen molar-refractivity contribution < 1.29 is 15.0 Å². The Morgan fingerprint density at radius 2 is 1.75 bits per heavy atom. The highest BCUT2D eigenvalue weighted by Crippen LogP contribution is 2.32. The zero-order valence-corrected chi connectivity index (χ0v) is 13.6. The first-order valence-corrected chi connectivity index (χ1v) is 7.79. The van der Waals surface area contributed by atoms with Crippen molar-refractivity contribution in [1.82, 2.24) is 4.98 Å². The van der Waals surface area contributed by atoms with E-state index in [1.54, 1.807) is 6.20 Å². The Labute approximate surface area is 141 Å². The van der Waals surface area contributed by atoms with Gasteiger partial charge in [0.2, 0.25) is 0 Å². The first-order valence-electron chi connectivity index (χ1n) is 7.79. The summed E-state index contributed by atoms with van der Waals surface area (Å²) >= 11 is 0. The van der Waals surface area contributed by atoms with Gasteiger partial charge in [-0.1, -0.05) is 48.5 Å². The molecular weight excluding hydrogens is 302 g/mol. The summed E-state index contributed by atoms with van der Waals surface area (Å²) in [5, 5.41) is 17.3. The lowest BCUT2D eigenvalue weighted by Gasteiger charge is -2.13. The lowest BCUT2D eigenvalue weighted by Crippen LogP contribution is -1.99. The second kappa shape index (κ2) is 8.91. The number of aliphatic hydroxyl groups is 2. The van der Waals surface area contributed by atoms with Crippen molar-refractivity contribution in [2.24, 2.45) is 0 Å². The van der Waals surface area contributed by atoms with Crippen molar-refractivity contribution in [3.05, 3.63) is 65.9 Å². The zero-order valence-electron chi connectivity index (χ0n) is 13.6. The first-order chi connectivity index (χ1) is 11.8. The molecule has 0 fully saturated rings. The van der Waals surface area contributed by atoms with E-state index >= 15 is 0 Å². The Morgan fingerprint density at radius 1 is 1.00 bits per heavy atom.